The minimum atomic E-state index is 0.634. The highest BCUT2D eigenvalue weighted by Crippen LogP contribution is 2.30. The fourth-order valence-electron chi connectivity index (χ4n) is 3.55. The van der Waals surface area contributed by atoms with Crippen LogP contribution in [0.1, 0.15) is 5.56 Å². The fourth-order valence-corrected chi connectivity index (χ4v) is 3.55. The van der Waals surface area contributed by atoms with E-state index in [-0.39, 0.29) is 0 Å². The van der Waals surface area contributed by atoms with Crippen molar-refractivity contribution in [2.24, 2.45) is 0 Å². The van der Waals surface area contributed by atoms with E-state index in [0.29, 0.717) is 12.4 Å². The van der Waals surface area contributed by atoms with Gasteiger partial charge in [-0.15, -0.1) is 0 Å². The number of rotatable bonds is 6. The summed E-state index contributed by atoms with van der Waals surface area (Å²) in [4.78, 5) is 18.8. The maximum Gasteiger partial charge on any atom is 0.159 e. The molecule has 1 aromatic carbocycles. The highest BCUT2D eigenvalue weighted by atomic mass is 16.5. The van der Waals surface area contributed by atoms with Crippen molar-refractivity contribution in [3.8, 4) is 28.5 Å². The van der Waals surface area contributed by atoms with E-state index in [2.05, 4.69) is 48.0 Å². The number of pyridine rings is 2. The second-order valence-electron chi connectivity index (χ2n) is 7.85. The molecule has 5 rings (SSSR count). The quantitative estimate of drug-likeness (QED) is 0.439. The lowest BCUT2D eigenvalue weighted by atomic mass is 10.1. The zero-order valence-corrected chi connectivity index (χ0v) is 17.7. The molecule has 8 heteroatoms. The summed E-state index contributed by atoms with van der Waals surface area (Å²) in [6, 6.07) is 10.1. The molecule has 0 aliphatic carbocycles. The van der Waals surface area contributed by atoms with Crippen LogP contribution in [0.25, 0.3) is 44.7 Å². The van der Waals surface area contributed by atoms with Gasteiger partial charge in [-0.25, -0.2) is 4.98 Å². The largest absolute Gasteiger partial charge is 0.492 e. The highest BCUT2D eigenvalue weighted by molar-refractivity contribution is 5.94. The molecule has 0 spiro atoms. The monoisotopic (exact) mass is 413 g/mol. The predicted octanol–water partition coefficient (Wildman–Crippen LogP) is 3.81. The first-order chi connectivity index (χ1) is 15.1. The first kappa shape index (κ1) is 19.2. The Morgan fingerprint density at radius 2 is 1.97 bits per heavy atom. The smallest absolute Gasteiger partial charge is 0.159 e. The number of imidazole rings is 1. The van der Waals surface area contributed by atoms with E-state index in [1.807, 2.05) is 38.4 Å². The lowest BCUT2D eigenvalue weighted by molar-refractivity contribution is 0.261. The summed E-state index contributed by atoms with van der Waals surface area (Å²) in [5, 5.41) is 8.49. The Morgan fingerprint density at radius 1 is 1.06 bits per heavy atom. The van der Waals surface area contributed by atoms with Crippen LogP contribution in [0.15, 0.2) is 48.9 Å². The van der Waals surface area contributed by atoms with Crippen molar-refractivity contribution < 1.29 is 4.74 Å². The van der Waals surface area contributed by atoms with Gasteiger partial charge in [-0.3, -0.25) is 15.1 Å². The van der Waals surface area contributed by atoms with Gasteiger partial charge in [0.05, 0.1) is 34.6 Å². The van der Waals surface area contributed by atoms with Gasteiger partial charge in [-0.05, 0) is 56.9 Å². The van der Waals surface area contributed by atoms with Crippen LogP contribution in [0.4, 0.5) is 0 Å². The summed E-state index contributed by atoms with van der Waals surface area (Å²) < 4.78 is 5.95. The summed E-state index contributed by atoms with van der Waals surface area (Å²) in [5.74, 6) is 1.54. The predicted molar refractivity (Wildman–Crippen MR) is 121 cm³/mol. The summed E-state index contributed by atoms with van der Waals surface area (Å²) in [5.41, 5.74) is 6.32. The molecule has 4 aromatic heterocycles. The van der Waals surface area contributed by atoms with Crippen LogP contribution in [0, 0.1) is 6.92 Å². The van der Waals surface area contributed by atoms with Gasteiger partial charge in [0, 0.05) is 23.7 Å². The van der Waals surface area contributed by atoms with E-state index in [0.717, 1.165) is 56.7 Å². The normalized spacial score (nSPS) is 11.6. The molecule has 0 atom stereocenters. The van der Waals surface area contributed by atoms with E-state index in [1.165, 1.54) is 0 Å². The third-order valence-corrected chi connectivity index (χ3v) is 5.11. The molecule has 0 aliphatic rings. The van der Waals surface area contributed by atoms with Gasteiger partial charge < -0.3 is 14.6 Å². The minimum Gasteiger partial charge on any atom is -0.492 e. The Hall–Kier alpha value is -3.78. The molecule has 0 amide bonds. The Kier molecular flexibility index (Phi) is 4.83. The number of hydrogen-bond donors (Lipinski definition) is 2. The topological polar surface area (TPSA) is 95.6 Å². The molecule has 0 radical (unpaired) electrons. The van der Waals surface area contributed by atoms with Gasteiger partial charge in [0.1, 0.15) is 18.1 Å². The average molecular weight is 413 g/mol. The Morgan fingerprint density at radius 3 is 2.81 bits per heavy atom. The van der Waals surface area contributed by atoms with Crippen LogP contribution in [0.2, 0.25) is 0 Å². The van der Waals surface area contributed by atoms with Crippen molar-refractivity contribution in [3.63, 3.8) is 0 Å². The number of benzene rings is 1. The van der Waals surface area contributed by atoms with Crippen molar-refractivity contribution in [3.05, 3.63) is 54.5 Å². The zero-order chi connectivity index (χ0) is 21.4. The Balaban J connectivity index is 1.53. The van der Waals surface area contributed by atoms with Gasteiger partial charge in [0.2, 0.25) is 0 Å². The number of aromatic amines is 2. The van der Waals surface area contributed by atoms with Gasteiger partial charge in [-0.2, -0.15) is 5.10 Å². The van der Waals surface area contributed by atoms with E-state index in [1.54, 1.807) is 18.6 Å². The Labute approximate surface area is 179 Å². The van der Waals surface area contributed by atoms with Gasteiger partial charge in [0.25, 0.3) is 0 Å². The molecule has 0 fully saturated rings. The molecule has 156 valence electrons. The van der Waals surface area contributed by atoms with E-state index < -0.39 is 0 Å². The molecule has 0 saturated heterocycles. The average Bonchev–Trinajstić information content (AvgIpc) is 3.36. The summed E-state index contributed by atoms with van der Waals surface area (Å²) in [6.45, 7) is 3.56. The van der Waals surface area contributed by atoms with Gasteiger partial charge in [-0.1, -0.05) is 0 Å². The number of H-pyrrole nitrogens is 2. The van der Waals surface area contributed by atoms with Crippen molar-refractivity contribution in [1.29, 1.82) is 0 Å². The number of likely N-dealkylation sites (N-methyl/N-ethyl adjacent to an activating group) is 1. The molecular formula is C23H23N7O. The number of aromatic nitrogens is 6. The second kappa shape index (κ2) is 7.81. The van der Waals surface area contributed by atoms with Crippen LogP contribution in [-0.2, 0) is 0 Å². The molecule has 0 unspecified atom stereocenters. The van der Waals surface area contributed by atoms with Crippen LogP contribution in [-0.4, -0.2) is 62.3 Å². The highest BCUT2D eigenvalue weighted by Gasteiger charge is 2.14. The molecule has 8 nitrogen and oxygen atoms in total. The molecule has 0 bridgehead atoms. The molecular weight excluding hydrogens is 390 g/mol. The van der Waals surface area contributed by atoms with E-state index >= 15 is 0 Å². The molecule has 2 N–H and O–H groups in total. The summed E-state index contributed by atoms with van der Waals surface area (Å²) in [6.07, 6.45) is 5.30. The maximum absolute atomic E-state index is 5.95. The number of fused-ring (bicyclic) bond motifs is 2. The van der Waals surface area contributed by atoms with Crippen molar-refractivity contribution >= 4 is 21.9 Å². The standard InChI is InChI=1S/C23H23N7O/c1-14-8-15(10-16(9-14)31-7-6-30(2)3)19-11-17-20(13-25-19)28-29-22(17)23-26-18-4-5-24-12-21(18)27-23/h4-5,8-13H,6-7H2,1-3H3,(H,26,27)(H,28,29). The molecule has 0 aliphatic heterocycles. The first-order valence-electron chi connectivity index (χ1n) is 10.1. The van der Waals surface area contributed by atoms with Crippen molar-refractivity contribution in [2.75, 3.05) is 27.2 Å². The fraction of sp³-hybridized carbons (Fsp3) is 0.217. The van der Waals surface area contributed by atoms with Gasteiger partial charge in [0.15, 0.2) is 5.82 Å². The number of nitrogens with zero attached hydrogens (tertiary/aromatic N) is 5. The third-order valence-electron chi connectivity index (χ3n) is 5.11. The van der Waals surface area contributed by atoms with Crippen LogP contribution < -0.4 is 4.74 Å². The zero-order valence-electron chi connectivity index (χ0n) is 17.7. The lowest BCUT2D eigenvalue weighted by Crippen LogP contribution is -2.19. The lowest BCUT2D eigenvalue weighted by Gasteiger charge is -2.12. The van der Waals surface area contributed by atoms with Crippen LogP contribution >= 0.6 is 0 Å². The van der Waals surface area contributed by atoms with Crippen LogP contribution in [0.3, 0.4) is 0 Å². The molecule has 4 heterocycles. The number of nitrogens with one attached hydrogen (secondary N) is 2. The molecule has 5 aromatic rings. The minimum absolute atomic E-state index is 0.634. The number of ether oxygens (including phenoxy) is 1. The Bertz CT molecular complexity index is 1340. The molecule has 0 saturated carbocycles. The second-order valence-corrected chi connectivity index (χ2v) is 7.85. The molecule has 31 heavy (non-hydrogen) atoms. The van der Waals surface area contributed by atoms with Crippen molar-refractivity contribution in [2.45, 2.75) is 6.92 Å². The van der Waals surface area contributed by atoms with Gasteiger partial charge >= 0.3 is 0 Å². The SMILES string of the molecule is Cc1cc(OCCN(C)C)cc(-c2cc3c(-c4nc5ccncc5[nH]4)n[nH]c3cn2)c1. The number of aryl methyl sites for hydroxylation is 1. The number of hydrogen-bond acceptors (Lipinski definition) is 6. The third kappa shape index (κ3) is 3.85. The summed E-state index contributed by atoms with van der Waals surface area (Å²) >= 11 is 0. The maximum atomic E-state index is 5.95. The van der Waals surface area contributed by atoms with Crippen LogP contribution in [0.5, 0.6) is 5.75 Å². The van der Waals surface area contributed by atoms with E-state index in [9.17, 15) is 0 Å². The summed E-state index contributed by atoms with van der Waals surface area (Å²) in [7, 11) is 4.07. The first-order valence-corrected chi connectivity index (χ1v) is 10.1. The van der Waals surface area contributed by atoms with E-state index in [4.69, 9.17) is 4.74 Å². The van der Waals surface area contributed by atoms with Crippen molar-refractivity contribution in [1.82, 2.24) is 35.0 Å².